The van der Waals surface area contributed by atoms with Gasteiger partial charge in [0, 0.05) is 37.3 Å². The van der Waals surface area contributed by atoms with Crippen molar-refractivity contribution in [3.05, 3.63) is 60.2 Å². The van der Waals surface area contributed by atoms with Crippen molar-refractivity contribution in [1.82, 2.24) is 4.90 Å². The highest BCUT2D eigenvalue weighted by molar-refractivity contribution is 5.92. The number of para-hydroxylation sites is 1. The Bertz CT molecular complexity index is 826. The van der Waals surface area contributed by atoms with Crippen LogP contribution in [0, 0.1) is 5.92 Å². The molecule has 0 bridgehead atoms. The molecule has 28 heavy (non-hydrogen) atoms. The fourth-order valence-corrected chi connectivity index (χ4v) is 3.35. The van der Waals surface area contributed by atoms with Crippen molar-refractivity contribution >= 4 is 29.1 Å². The summed E-state index contributed by atoms with van der Waals surface area (Å²) in [5.74, 6) is -0.106. The first-order chi connectivity index (χ1) is 13.5. The lowest BCUT2D eigenvalue weighted by Gasteiger charge is -2.31. The van der Waals surface area contributed by atoms with Crippen LogP contribution in [0.3, 0.4) is 0 Å². The minimum atomic E-state index is -0.122. The third-order valence-corrected chi connectivity index (χ3v) is 4.89. The molecule has 6 nitrogen and oxygen atoms in total. The molecule has 146 valence electrons. The molecule has 0 spiro atoms. The minimum absolute atomic E-state index is 0.0202. The van der Waals surface area contributed by atoms with Crippen LogP contribution in [0.5, 0.6) is 0 Å². The molecule has 1 fully saturated rings. The summed E-state index contributed by atoms with van der Waals surface area (Å²) >= 11 is 0. The average Bonchev–Trinajstić information content (AvgIpc) is 2.70. The number of nitrogens with zero attached hydrogens (tertiary/aromatic N) is 1. The van der Waals surface area contributed by atoms with Crippen LogP contribution in [-0.4, -0.2) is 35.7 Å². The van der Waals surface area contributed by atoms with Gasteiger partial charge < -0.3 is 15.5 Å². The third kappa shape index (κ3) is 5.42. The zero-order valence-electron chi connectivity index (χ0n) is 16.0. The number of nitrogens with one attached hydrogen (secondary N) is 2. The Hall–Kier alpha value is -3.15. The molecule has 1 saturated heterocycles. The predicted octanol–water partition coefficient (Wildman–Crippen LogP) is 3.06. The highest BCUT2D eigenvalue weighted by atomic mass is 16.2. The van der Waals surface area contributed by atoms with E-state index in [2.05, 4.69) is 10.6 Å². The molecule has 6 heteroatoms. The number of benzene rings is 2. The zero-order chi connectivity index (χ0) is 19.9. The first kappa shape index (κ1) is 19.6. The zero-order valence-corrected chi connectivity index (χ0v) is 16.0. The van der Waals surface area contributed by atoms with E-state index < -0.39 is 0 Å². The Kier molecular flexibility index (Phi) is 6.42. The van der Waals surface area contributed by atoms with Gasteiger partial charge in [-0.1, -0.05) is 30.3 Å². The van der Waals surface area contributed by atoms with E-state index in [0.29, 0.717) is 38.0 Å². The number of hydrogen-bond donors (Lipinski definition) is 2. The summed E-state index contributed by atoms with van der Waals surface area (Å²) in [7, 11) is 0. The summed E-state index contributed by atoms with van der Waals surface area (Å²) in [6.07, 6.45) is 1.67. The van der Waals surface area contributed by atoms with E-state index in [-0.39, 0.29) is 23.6 Å². The summed E-state index contributed by atoms with van der Waals surface area (Å²) in [6, 6.07) is 16.7. The maximum Gasteiger partial charge on any atom is 0.227 e. The van der Waals surface area contributed by atoms with Crippen LogP contribution in [0.2, 0.25) is 0 Å². The first-order valence-corrected chi connectivity index (χ1v) is 9.51. The molecule has 2 aromatic carbocycles. The van der Waals surface area contributed by atoms with Crippen molar-refractivity contribution in [2.75, 3.05) is 23.7 Å². The Morgan fingerprint density at radius 1 is 0.893 bits per heavy atom. The number of hydrogen-bond acceptors (Lipinski definition) is 3. The Morgan fingerprint density at radius 3 is 2.11 bits per heavy atom. The van der Waals surface area contributed by atoms with Crippen LogP contribution in [0.4, 0.5) is 11.4 Å². The van der Waals surface area contributed by atoms with Crippen LogP contribution in [0.25, 0.3) is 0 Å². The second-order valence-corrected chi connectivity index (χ2v) is 7.07. The minimum Gasteiger partial charge on any atom is -0.342 e. The van der Waals surface area contributed by atoms with Crippen molar-refractivity contribution in [3.8, 4) is 0 Å². The molecule has 3 rings (SSSR count). The predicted molar refractivity (Wildman–Crippen MR) is 109 cm³/mol. The average molecular weight is 379 g/mol. The molecule has 2 aromatic rings. The lowest BCUT2D eigenvalue weighted by atomic mass is 9.95. The molecule has 0 saturated carbocycles. The molecule has 3 amide bonds. The van der Waals surface area contributed by atoms with E-state index in [1.165, 1.54) is 6.92 Å². The van der Waals surface area contributed by atoms with Crippen molar-refractivity contribution in [3.63, 3.8) is 0 Å². The van der Waals surface area contributed by atoms with Crippen LogP contribution in [0.1, 0.15) is 25.3 Å². The Labute approximate surface area is 164 Å². The van der Waals surface area contributed by atoms with Gasteiger partial charge in [-0.3, -0.25) is 14.4 Å². The number of amides is 3. The molecule has 1 heterocycles. The van der Waals surface area contributed by atoms with Crippen LogP contribution >= 0.6 is 0 Å². The lowest BCUT2D eigenvalue weighted by molar-refractivity contribution is -0.133. The van der Waals surface area contributed by atoms with E-state index in [1.807, 2.05) is 47.4 Å². The largest absolute Gasteiger partial charge is 0.342 e. The molecular weight excluding hydrogens is 354 g/mol. The normalized spacial score (nSPS) is 14.4. The topological polar surface area (TPSA) is 78.5 Å². The fourth-order valence-electron chi connectivity index (χ4n) is 3.35. The molecule has 2 N–H and O–H groups in total. The van der Waals surface area contributed by atoms with Gasteiger partial charge in [-0.15, -0.1) is 0 Å². The van der Waals surface area contributed by atoms with E-state index in [9.17, 15) is 14.4 Å². The number of likely N-dealkylation sites (tertiary alicyclic amines) is 1. The Morgan fingerprint density at radius 2 is 1.50 bits per heavy atom. The lowest BCUT2D eigenvalue weighted by Crippen LogP contribution is -2.42. The van der Waals surface area contributed by atoms with Crippen LogP contribution in [-0.2, 0) is 20.8 Å². The van der Waals surface area contributed by atoms with Crippen molar-refractivity contribution in [2.24, 2.45) is 5.92 Å². The van der Waals surface area contributed by atoms with Gasteiger partial charge in [-0.25, -0.2) is 0 Å². The number of rotatable bonds is 5. The second kappa shape index (κ2) is 9.17. The first-order valence-electron chi connectivity index (χ1n) is 9.51. The monoisotopic (exact) mass is 379 g/mol. The van der Waals surface area contributed by atoms with Gasteiger partial charge >= 0.3 is 0 Å². The van der Waals surface area contributed by atoms with Gasteiger partial charge in [0.2, 0.25) is 17.7 Å². The highest BCUT2D eigenvalue weighted by Crippen LogP contribution is 2.20. The Balaban J connectivity index is 1.47. The van der Waals surface area contributed by atoms with Gasteiger partial charge in [0.05, 0.1) is 6.42 Å². The molecule has 0 aromatic heterocycles. The quantitative estimate of drug-likeness (QED) is 0.838. The summed E-state index contributed by atoms with van der Waals surface area (Å²) in [4.78, 5) is 37.8. The van der Waals surface area contributed by atoms with E-state index in [4.69, 9.17) is 0 Å². The maximum absolute atomic E-state index is 12.6. The van der Waals surface area contributed by atoms with Crippen molar-refractivity contribution in [1.29, 1.82) is 0 Å². The smallest absolute Gasteiger partial charge is 0.227 e. The van der Waals surface area contributed by atoms with E-state index in [1.54, 1.807) is 12.1 Å². The van der Waals surface area contributed by atoms with Gasteiger partial charge in [0.1, 0.15) is 0 Å². The molecule has 0 atom stereocenters. The molecule has 1 aliphatic rings. The van der Waals surface area contributed by atoms with Gasteiger partial charge in [-0.05, 0) is 42.7 Å². The standard InChI is InChI=1S/C22H25N3O3/c1-16(26)23-20-9-7-17(8-10-20)15-21(27)25-13-11-18(12-14-25)22(28)24-19-5-3-2-4-6-19/h2-10,18H,11-15H2,1H3,(H,23,26)(H,24,28). The molecular formula is C22H25N3O3. The van der Waals surface area contributed by atoms with Gasteiger partial charge in [0.25, 0.3) is 0 Å². The van der Waals surface area contributed by atoms with Gasteiger partial charge in [-0.2, -0.15) is 0 Å². The van der Waals surface area contributed by atoms with Crippen molar-refractivity contribution < 1.29 is 14.4 Å². The molecule has 0 aliphatic carbocycles. The number of carbonyl (C=O) groups excluding carboxylic acids is 3. The number of piperidine rings is 1. The van der Waals surface area contributed by atoms with Crippen molar-refractivity contribution in [2.45, 2.75) is 26.2 Å². The highest BCUT2D eigenvalue weighted by Gasteiger charge is 2.27. The fraction of sp³-hybridized carbons (Fsp3) is 0.318. The van der Waals surface area contributed by atoms with E-state index >= 15 is 0 Å². The van der Waals surface area contributed by atoms with Crippen LogP contribution in [0.15, 0.2) is 54.6 Å². The summed E-state index contributed by atoms with van der Waals surface area (Å²) in [5.41, 5.74) is 2.42. The third-order valence-electron chi connectivity index (χ3n) is 4.89. The number of carbonyl (C=O) groups is 3. The summed E-state index contributed by atoms with van der Waals surface area (Å²) in [6.45, 7) is 2.65. The summed E-state index contributed by atoms with van der Waals surface area (Å²) in [5, 5.41) is 5.65. The summed E-state index contributed by atoms with van der Waals surface area (Å²) < 4.78 is 0. The molecule has 0 radical (unpaired) electrons. The second-order valence-electron chi connectivity index (χ2n) is 7.07. The SMILES string of the molecule is CC(=O)Nc1ccc(CC(=O)N2CCC(C(=O)Nc3ccccc3)CC2)cc1. The van der Waals surface area contributed by atoms with Gasteiger partial charge in [0.15, 0.2) is 0 Å². The number of anilines is 2. The molecule has 1 aliphatic heterocycles. The maximum atomic E-state index is 12.6. The van der Waals surface area contributed by atoms with Crippen LogP contribution < -0.4 is 10.6 Å². The molecule has 0 unspecified atom stereocenters. The van der Waals surface area contributed by atoms with E-state index in [0.717, 1.165) is 11.3 Å².